The van der Waals surface area contributed by atoms with E-state index in [2.05, 4.69) is 17.3 Å². The summed E-state index contributed by atoms with van der Waals surface area (Å²) in [5, 5.41) is 3.21. The molecule has 0 aliphatic heterocycles. The summed E-state index contributed by atoms with van der Waals surface area (Å²) in [7, 11) is 4.30. The monoisotopic (exact) mass is 200 g/mol. The molecule has 1 rings (SSSR count). The second-order valence-corrected chi connectivity index (χ2v) is 4.23. The molecule has 2 heteroatoms. The molecule has 1 aliphatic carbocycles. The Labute approximate surface area is 90.1 Å². The largest absolute Gasteiger partial charge is 0.318 e. The summed E-state index contributed by atoms with van der Waals surface area (Å²) >= 11 is 0. The number of likely N-dealkylation sites (N-methyl/N-ethyl adjacent to an activating group) is 2. The molecular formula is C12H28N2. The molecule has 1 fully saturated rings. The Hall–Kier alpha value is -0.0800. The van der Waals surface area contributed by atoms with Crippen LogP contribution in [0.3, 0.4) is 0 Å². The molecule has 14 heavy (non-hydrogen) atoms. The minimum atomic E-state index is 0. The predicted octanol–water partition coefficient (Wildman–Crippen LogP) is 2.50. The van der Waals surface area contributed by atoms with Gasteiger partial charge in [0.25, 0.3) is 0 Å². The van der Waals surface area contributed by atoms with Gasteiger partial charge in [-0.2, -0.15) is 0 Å². The van der Waals surface area contributed by atoms with Gasteiger partial charge in [-0.1, -0.05) is 33.1 Å². The van der Waals surface area contributed by atoms with Crippen molar-refractivity contribution >= 4 is 0 Å². The summed E-state index contributed by atoms with van der Waals surface area (Å²) in [6.45, 7) is 2.31. The minimum absolute atomic E-state index is 0. The molecule has 0 aromatic carbocycles. The van der Waals surface area contributed by atoms with Gasteiger partial charge in [0.15, 0.2) is 0 Å². The van der Waals surface area contributed by atoms with Crippen LogP contribution in [-0.4, -0.2) is 38.1 Å². The van der Waals surface area contributed by atoms with Crippen molar-refractivity contribution in [3.8, 4) is 0 Å². The molecule has 0 heterocycles. The molecule has 0 spiro atoms. The standard InChI is InChI=1S/C11H24N2.CH4/c1-12-9-10-13(2)11-7-5-3-4-6-8-11;/h11-12H,3-10H2,1-2H3;1H4. The van der Waals surface area contributed by atoms with E-state index in [4.69, 9.17) is 0 Å². The minimum Gasteiger partial charge on any atom is -0.318 e. The highest BCUT2D eigenvalue weighted by Gasteiger charge is 2.15. The van der Waals surface area contributed by atoms with Gasteiger partial charge >= 0.3 is 0 Å². The molecule has 1 aliphatic rings. The highest BCUT2D eigenvalue weighted by atomic mass is 15.1. The van der Waals surface area contributed by atoms with E-state index < -0.39 is 0 Å². The maximum Gasteiger partial charge on any atom is 0.0107 e. The van der Waals surface area contributed by atoms with E-state index in [1.807, 2.05) is 7.05 Å². The predicted molar refractivity (Wildman–Crippen MR) is 64.8 cm³/mol. The lowest BCUT2D eigenvalue weighted by molar-refractivity contribution is 0.223. The average molecular weight is 200 g/mol. The van der Waals surface area contributed by atoms with E-state index in [9.17, 15) is 0 Å². The average Bonchev–Trinajstić information content (AvgIpc) is 2.42. The van der Waals surface area contributed by atoms with Crippen molar-refractivity contribution in [2.45, 2.75) is 52.0 Å². The van der Waals surface area contributed by atoms with Crippen molar-refractivity contribution in [2.75, 3.05) is 27.2 Å². The Morgan fingerprint density at radius 2 is 1.71 bits per heavy atom. The Bertz CT molecular complexity index is 117. The normalized spacial score (nSPS) is 19.1. The zero-order valence-electron chi connectivity index (χ0n) is 9.18. The van der Waals surface area contributed by atoms with E-state index in [1.54, 1.807) is 0 Å². The van der Waals surface area contributed by atoms with Crippen LogP contribution in [0.4, 0.5) is 0 Å². The molecule has 86 valence electrons. The second kappa shape index (κ2) is 8.25. The molecule has 0 radical (unpaired) electrons. The highest BCUT2D eigenvalue weighted by Crippen LogP contribution is 2.20. The molecule has 0 aromatic heterocycles. The Kier molecular flexibility index (Phi) is 8.20. The van der Waals surface area contributed by atoms with Crippen molar-refractivity contribution in [2.24, 2.45) is 0 Å². The van der Waals surface area contributed by atoms with Gasteiger partial charge in [-0.3, -0.25) is 0 Å². The smallest absolute Gasteiger partial charge is 0.0107 e. The van der Waals surface area contributed by atoms with Gasteiger partial charge in [-0.25, -0.2) is 0 Å². The molecular weight excluding hydrogens is 172 g/mol. The molecule has 0 aromatic rings. The van der Waals surface area contributed by atoms with Crippen LogP contribution in [0.15, 0.2) is 0 Å². The third-order valence-corrected chi connectivity index (χ3v) is 3.16. The van der Waals surface area contributed by atoms with Crippen molar-refractivity contribution in [3.05, 3.63) is 0 Å². The van der Waals surface area contributed by atoms with Crippen LogP contribution in [-0.2, 0) is 0 Å². The maximum absolute atomic E-state index is 3.21. The van der Waals surface area contributed by atoms with Crippen molar-refractivity contribution in [3.63, 3.8) is 0 Å². The van der Waals surface area contributed by atoms with Crippen molar-refractivity contribution < 1.29 is 0 Å². The van der Waals surface area contributed by atoms with E-state index in [0.717, 1.165) is 12.6 Å². The Balaban J connectivity index is 0.00000169. The number of nitrogens with zero attached hydrogens (tertiary/aromatic N) is 1. The lowest BCUT2D eigenvalue weighted by atomic mass is 10.1. The van der Waals surface area contributed by atoms with Crippen LogP contribution in [0.5, 0.6) is 0 Å². The first-order valence-electron chi connectivity index (χ1n) is 5.69. The highest BCUT2D eigenvalue weighted by molar-refractivity contribution is 4.72. The molecule has 2 nitrogen and oxygen atoms in total. The summed E-state index contributed by atoms with van der Waals surface area (Å²) in [5.74, 6) is 0. The zero-order chi connectivity index (χ0) is 9.52. The number of rotatable bonds is 4. The summed E-state index contributed by atoms with van der Waals surface area (Å²) in [5.41, 5.74) is 0. The fourth-order valence-electron chi connectivity index (χ4n) is 2.17. The first-order valence-corrected chi connectivity index (χ1v) is 5.69. The molecule has 0 amide bonds. The molecule has 1 saturated carbocycles. The van der Waals surface area contributed by atoms with Gasteiger partial charge < -0.3 is 10.2 Å². The van der Waals surface area contributed by atoms with Crippen molar-refractivity contribution in [1.29, 1.82) is 0 Å². The van der Waals surface area contributed by atoms with E-state index in [-0.39, 0.29) is 7.43 Å². The fourth-order valence-corrected chi connectivity index (χ4v) is 2.17. The summed E-state index contributed by atoms with van der Waals surface area (Å²) in [6.07, 6.45) is 8.62. The SMILES string of the molecule is C.CNCCN(C)C1CCCCCC1. The third kappa shape index (κ3) is 4.97. The van der Waals surface area contributed by atoms with E-state index in [0.29, 0.717) is 0 Å². The first-order chi connectivity index (χ1) is 6.34. The summed E-state index contributed by atoms with van der Waals surface area (Å²) in [4.78, 5) is 2.53. The summed E-state index contributed by atoms with van der Waals surface area (Å²) in [6, 6.07) is 0.857. The zero-order valence-corrected chi connectivity index (χ0v) is 9.18. The Morgan fingerprint density at radius 1 is 1.14 bits per heavy atom. The lowest BCUT2D eigenvalue weighted by Gasteiger charge is -2.26. The lowest BCUT2D eigenvalue weighted by Crippen LogP contribution is -2.35. The van der Waals surface area contributed by atoms with Crippen molar-refractivity contribution in [1.82, 2.24) is 10.2 Å². The van der Waals surface area contributed by atoms with Crippen LogP contribution >= 0.6 is 0 Å². The molecule has 0 bridgehead atoms. The molecule has 1 N–H and O–H groups in total. The van der Waals surface area contributed by atoms with Crippen LogP contribution in [0.1, 0.15) is 46.0 Å². The van der Waals surface area contributed by atoms with Gasteiger partial charge in [-0.15, -0.1) is 0 Å². The van der Waals surface area contributed by atoms with Crippen LogP contribution in [0.25, 0.3) is 0 Å². The molecule has 0 saturated heterocycles. The van der Waals surface area contributed by atoms with Gasteiger partial charge in [-0.05, 0) is 26.9 Å². The number of hydrogen-bond donors (Lipinski definition) is 1. The fraction of sp³-hybridized carbons (Fsp3) is 1.00. The Morgan fingerprint density at radius 3 is 2.21 bits per heavy atom. The molecule has 0 atom stereocenters. The van der Waals surface area contributed by atoms with Crippen LogP contribution in [0.2, 0.25) is 0 Å². The van der Waals surface area contributed by atoms with Gasteiger partial charge in [0.2, 0.25) is 0 Å². The van der Waals surface area contributed by atoms with Crippen LogP contribution < -0.4 is 5.32 Å². The maximum atomic E-state index is 3.21. The quantitative estimate of drug-likeness (QED) is 0.701. The second-order valence-electron chi connectivity index (χ2n) is 4.23. The number of nitrogens with one attached hydrogen (secondary N) is 1. The summed E-state index contributed by atoms with van der Waals surface area (Å²) < 4.78 is 0. The first kappa shape index (κ1) is 13.9. The van der Waals surface area contributed by atoms with Gasteiger partial charge in [0.1, 0.15) is 0 Å². The van der Waals surface area contributed by atoms with E-state index in [1.165, 1.54) is 45.1 Å². The number of hydrogen-bond acceptors (Lipinski definition) is 2. The topological polar surface area (TPSA) is 15.3 Å². The van der Waals surface area contributed by atoms with Gasteiger partial charge in [0, 0.05) is 19.1 Å². The van der Waals surface area contributed by atoms with Gasteiger partial charge in [0.05, 0.1) is 0 Å². The van der Waals surface area contributed by atoms with E-state index >= 15 is 0 Å². The third-order valence-electron chi connectivity index (χ3n) is 3.16. The molecule has 0 unspecified atom stereocenters. The van der Waals surface area contributed by atoms with Crippen LogP contribution in [0, 0.1) is 0 Å².